The van der Waals surface area contributed by atoms with Crippen LogP contribution >= 0.6 is 0 Å². The first kappa shape index (κ1) is 14.3. The Morgan fingerprint density at radius 3 is 2.15 bits per heavy atom. The minimum atomic E-state index is 0. The van der Waals surface area contributed by atoms with Gasteiger partial charge in [-0.05, 0) is 36.6 Å². The van der Waals surface area contributed by atoms with Crippen LogP contribution in [0.3, 0.4) is 0 Å². The number of rotatable bonds is 1. The first-order valence-electron chi connectivity index (χ1n) is 4.27. The van der Waals surface area contributed by atoms with Crippen LogP contribution in [0, 0.1) is 6.92 Å². The van der Waals surface area contributed by atoms with Crippen molar-refractivity contribution in [3.8, 4) is 0 Å². The number of aromatic nitrogens is 1. The number of aryl methyl sites for hydroxylation is 1. The van der Waals surface area contributed by atoms with Gasteiger partial charge in [0.25, 0.3) is 0 Å². The van der Waals surface area contributed by atoms with Crippen molar-refractivity contribution in [2.45, 2.75) is 27.7 Å². The fourth-order valence-corrected chi connectivity index (χ4v) is 0.788. The van der Waals surface area contributed by atoms with Gasteiger partial charge in [0.05, 0.1) is 0 Å². The lowest BCUT2D eigenvalue weighted by atomic mass is 10.1. The molecule has 1 rings (SSSR count). The van der Waals surface area contributed by atoms with Gasteiger partial charge in [-0.3, -0.25) is 9.69 Å². The molecule has 74 valence electrons. The first-order valence-corrected chi connectivity index (χ1v) is 4.27. The predicted octanol–water partition coefficient (Wildman–Crippen LogP) is 3.60. The van der Waals surface area contributed by atoms with Crippen LogP contribution in [-0.4, -0.2) is 4.98 Å². The lowest BCUT2D eigenvalue weighted by molar-refractivity contribution is 1.11. The van der Waals surface area contributed by atoms with E-state index in [0.717, 1.165) is 11.1 Å². The van der Waals surface area contributed by atoms with Crippen LogP contribution in [0.25, 0.3) is 5.57 Å². The zero-order chi connectivity index (χ0) is 9.56. The van der Waals surface area contributed by atoms with E-state index in [1.165, 1.54) is 5.56 Å². The standard InChI is InChI=1S/C9H11N.C2H6.FH/c1-7(2)9-4-8(3)5-10-6-9;1-2;/h4-6H,1H2,2-3H3;1-2H3;1H. The second kappa shape index (κ2) is 7.47. The lowest BCUT2D eigenvalue weighted by Crippen LogP contribution is -1.81. The van der Waals surface area contributed by atoms with Crippen molar-refractivity contribution in [2.24, 2.45) is 0 Å². The third-order valence-corrected chi connectivity index (χ3v) is 1.37. The Kier molecular flexibility index (Phi) is 8.24. The summed E-state index contributed by atoms with van der Waals surface area (Å²) in [6.07, 6.45) is 3.67. The highest BCUT2D eigenvalue weighted by Gasteiger charge is 1.91. The van der Waals surface area contributed by atoms with E-state index in [0.29, 0.717) is 0 Å². The number of pyridine rings is 1. The molecular formula is C11H18FN. The first-order chi connectivity index (χ1) is 5.70. The Bertz CT molecular complexity index is 256. The smallest absolute Gasteiger partial charge is 0.0342 e. The number of hydrogen-bond acceptors (Lipinski definition) is 1. The SMILES string of the molecule is C=C(C)c1cncc(C)c1.CC.F. The zero-order valence-corrected chi connectivity index (χ0v) is 8.79. The molecular weight excluding hydrogens is 165 g/mol. The zero-order valence-electron chi connectivity index (χ0n) is 8.79. The third kappa shape index (κ3) is 5.12. The van der Waals surface area contributed by atoms with Gasteiger partial charge in [-0.25, -0.2) is 0 Å². The van der Waals surface area contributed by atoms with E-state index < -0.39 is 0 Å². The Labute approximate surface area is 79.9 Å². The molecule has 0 N–H and O–H groups in total. The summed E-state index contributed by atoms with van der Waals surface area (Å²) in [5.41, 5.74) is 3.37. The van der Waals surface area contributed by atoms with Crippen LogP contribution < -0.4 is 0 Å². The molecule has 0 spiro atoms. The van der Waals surface area contributed by atoms with Gasteiger partial charge < -0.3 is 0 Å². The van der Waals surface area contributed by atoms with Gasteiger partial charge in [-0.1, -0.05) is 20.4 Å². The summed E-state index contributed by atoms with van der Waals surface area (Å²) in [7, 11) is 0. The van der Waals surface area contributed by atoms with Gasteiger partial charge in [0, 0.05) is 12.4 Å². The van der Waals surface area contributed by atoms with Gasteiger partial charge >= 0.3 is 0 Å². The maximum Gasteiger partial charge on any atom is 0.0342 e. The summed E-state index contributed by atoms with van der Waals surface area (Å²) in [4.78, 5) is 4.04. The van der Waals surface area contributed by atoms with Crippen LogP contribution in [0.2, 0.25) is 0 Å². The molecule has 0 atom stereocenters. The molecule has 0 aliphatic carbocycles. The average Bonchev–Trinajstić information content (AvgIpc) is 2.08. The molecule has 1 heterocycles. The molecule has 0 bridgehead atoms. The normalized spacial score (nSPS) is 7.69. The van der Waals surface area contributed by atoms with E-state index >= 15 is 0 Å². The number of hydrogen-bond donors (Lipinski definition) is 0. The average molecular weight is 183 g/mol. The summed E-state index contributed by atoms with van der Waals surface area (Å²) in [6.45, 7) is 11.8. The largest absolute Gasteiger partial charge is 0.269 e. The molecule has 0 aliphatic rings. The molecule has 0 saturated carbocycles. The van der Waals surface area contributed by atoms with Crippen LogP contribution in [0.4, 0.5) is 4.70 Å². The predicted molar refractivity (Wildman–Crippen MR) is 57.5 cm³/mol. The summed E-state index contributed by atoms with van der Waals surface area (Å²) < 4.78 is 0. The van der Waals surface area contributed by atoms with Crippen molar-refractivity contribution >= 4 is 5.57 Å². The molecule has 1 aromatic rings. The van der Waals surface area contributed by atoms with Gasteiger partial charge in [-0.2, -0.15) is 0 Å². The van der Waals surface area contributed by atoms with Crippen LogP contribution in [0.5, 0.6) is 0 Å². The molecule has 0 aliphatic heterocycles. The van der Waals surface area contributed by atoms with E-state index in [1.54, 1.807) is 0 Å². The molecule has 1 nitrogen and oxygen atoms in total. The number of nitrogens with zero attached hydrogens (tertiary/aromatic N) is 1. The molecule has 2 heteroatoms. The highest BCUT2D eigenvalue weighted by molar-refractivity contribution is 5.60. The van der Waals surface area contributed by atoms with Crippen molar-refractivity contribution < 1.29 is 4.70 Å². The summed E-state index contributed by atoms with van der Waals surface area (Å²) in [6, 6.07) is 2.08. The fourth-order valence-electron chi connectivity index (χ4n) is 0.788. The Morgan fingerprint density at radius 2 is 1.85 bits per heavy atom. The van der Waals surface area contributed by atoms with E-state index in [4.69, 9.17) is 0 Å². The molecule has 0 fully saturated rings. The Hall–Kier alpha value is -1.18. The molecule has 0 unspecified atom stereocenters. The lowest BCUT2D eigenvalue weighted by Gasteiger charge is -1.98. The summed E-state index contributed by atoms with van der Waals surface area (Å²) >= 11 is 0. The molecule has 0 radical (unpaired) electrons. The Morgan fingerprint density at radius 1 is 1.31 bits per heavy atom. The van der Waals surface area contributed by atoms with Crippen molar-refractivity contribution in [1.82, 2.24) is 4.98 Å². The summed E-state index contributed by atoms with van der Waals surface area (Å²) in [5, 5.41) is 0. The minimum absolute atomic E-state index is 0. The molecule has 0 amide bonds. The Balaban J connectivity index is 0. The van der Waals surface area contributed by atoms with Crippen LogP contribution in [0.1, 0.15) is 31.9 Å². The molecule has 13 heavy (non-hydrogen) atoms. The minimum Gasteiger partial charge on any atom is -0.269 e. The fraction of sp³-hybridized carbons (Fsp3) is 0.364. The maximum absolute atomic E-state index is 4.04. The molecule has 0 saturated heterocycles. The monoisotopic (exact) mass is 183 g/mol. The van der Waals surface area contributed by atoms with Gasteiger partial charge in [-0.15, -0.1) is 0 Å². The highest BCUT2D eigenvalue weighted by atomic mass is 19.0. The third-order valence-electron chi connectivity index (χ3n) is 1.37. The highest BCUT2D eigenvalue weighted by Crippen LogP contribution is 2.10. The number of allylic oxidation sites excluding steroid dienone is 1. The van der Waals surface area contributed by atoms with Crippen molar-refractivity contribution in [3.05, 3.63) is 36.2 Å². The van der Waals surface area contributed by atoms with Crippen LogP contribution in [-0.2, 0) is 0 Å². The van der Waals surface area contributed by atoms with E-state index in [-0.39, 0.29) is 4.70 Å². The second-order valence-electron chi connectivity index (χ2n) is 2.53. The molecule has 1 aromatic heterocycles. The van der Waals surface area contributed by atoms with Crippen molar-refractivity contribution in [1.29, 1.82) is 0 Å². The van der Waals surface area contributed by atoms with Crippen molar-refractivity contribution in [2.75, 3.05) is 0 Å². The summed E-state index contributed by atoms with van der Waals surface area (Å²) in [5.74, 6) is 0. The molecule has 0 aromatic carbocycles. The van der Waals surface area contributed by atoms with E-state index in [2.05, 4.69) is 17.6 Å². The topological polar surface area (TPSA) is 12.9 Å². The quantitative estimate of drug-likeness (QED) is 0.648. The van der Waals surface area contributed by atoms with Crippen molar-refractivity contribution in [3.63, 3.8) is 0 Å². The van der Waals surface area contributed by atoms with Gasteiger partial charge in [0.15, 0.2) is 0 Å². The van der Waals surface area contributed by atoms with E-state index in [1.807, 2.05) is 40.1 Å². The van der Waals surface area contributed by atoms with E-state index in [9.17, 15) is 0 Å². The second-order valence-corrected chi connectivity index (χ2v) is 2.53. The number of halogens is 1. The van der Waals surface area contributed by atoms with Gasteiger partial charge in [0.2, 0.25) is 0 Å². The van der Waals surface area contributed by atoms with Crippen LogP contribution in [0.15, 0.2) is 25.0 Å². The van der Waals surface area contributed by atoms with Gasteiger partial charge in [0.1, 0.15) is 0 Å². The maximum atomic E-state index is 4.04.